The molecule has 0 saturated carbocycles. The van der Waals surface area contributed by atoms with Gasteiger partial charge in [-0.1, -0.05) is 12.1 Å². The van der Waals surface area contributed by atoms with Crippen molar-refractivity contribution < 1.29 is 14.6 Å². The number of hydrogen-bond donors (Lipinski definition) is 1. The van der Waals surface area contributed by atoms with Crippen LogP contribution in [0, 0.1) is 0 Å². The van der Waals surface area contributed by atoms with Crippen molar-refractivity contribution in [2.75, 3.05) is 7.11 Å². The standard InChI is InChI=1S/C17H16O3/c1-12(13-5-9-16(20-2)10-6-13)11-17(19)14-3-7-15(18)8-4-14/h3-11,18H,1-2H3/b12-11-. The fourth-order valence-electron chi connectivity index (χ4n) is 1.84. The molecular weight excluding hydrogens is 252 g/mol. The van der Waals surface area contributed by atoms with Crippen LogP contribution in [0.2, 0.25) is 0 Å². The van der Waals surface area contributed by atoms with Gasteiger partial charge in [0.05, 0.1) is 7.11 Å². The number of benzene rings is 2. The van der Waals surface area contributed by atoms with E-state index in [1.165, 1.54) is 12.1 Å². The number of rotatable bonds is 4. The van der Waals surface area contributed by atoms with E-state index in [0.29, 0.717) is 5.56 Å². The van der Waals surface area contributed by atoms with E-state index in [1.54, 1.807) is 25.3 Å². The molecule has 0 atom stereocenters. The Morgan fingerprint density at radius 3 is 2.10 bits per heavy atom. The molecule has 20 heavy (non-hydrogen) atoms. The van der Waals surface area contributed by atoms with Crippen molar-refractivity contribution in [3.63, 3.8) is 0 Å². The van der Waals surface area contributed by atoms with Gasteiger partial charge < -0.3 is 9.84 Å². The Hall–Kier alpha value is -2.55. The van der Waals surface area contributed by atoms with Crippen molar-refractivity contribution in [1.29, 1.82) is 0 Å². The van der Waals surface area contributed by atoms with E-state index in [-0.39, 0.29) is 11.5 Å². The molecule has 2 rings (SSSR count). The van der Waals surface area contributed by atoms with Crippen LogP contribution in [0.15, 0.2) is 54.6 Å². The summed E-state index contributed by atoms with van der Waals surface area (Å²) < 4.78 is 5.10. The molecule has 0 heterocycles. The van der Waals surface area contributed by atoms with Crippen LogP contribution in [0.25, 0.3) is 5.57 Å². The Bertz CT molecular complexity index is 622. The molecule has 0 aliphatic carbocycles. The molecule has 0 amide bonds. The smallest absolute Gasteiger partial charge is 0.186 e. The molecule has 0 saturated heterocycles. The van der Waals surface area contributed by atoms with E-state index < -0.39 is 0 Å². The first kappa shape index (κ1) is 13.9. The first-order valence-corrected chi connectivity index (χ1v) is 6.26. The van der Waals surface area contributed by atoms with E-state index in [0.717, 1.165) is 16.9 Å². The van der Waals surface area contributed by atoms with Gasteiger partial charge in [0.2, 0.25) is 0 Å². The summed E-state index contributed by atoms with van der Waals surface area (Å²) in [4.78, 5) is 12.1. The van der Waals surface area contributed by atoms with Gasteiger partial charge in [-0.05, 0) is 60.5 Å². The quantitative estimate of drug-likeness (QED) is 0.679. The van der Waals surface area contributed by atoms with Crippen LogP contribution in [0.3, 0.4) is 0 Å². The third-order valence-corrected chi connectivity index (χ3v) is 3.04. The predicted molar refractivity (Wildman–Crippen MR) is 79.1 cm³/mol. The lowest BCUT2D eigenvalue weighted by Gasteiger charge is -2.04. The summed E-state index contributed by atoms with van der Waals surface area (Å²) in [6.45, 7) is 1.89. The summed E-state index contributed by atoms with van der Waals surface area (Å²) >= 11 is 0. The second-order valence-electron chi connectivity index (χ2n) is 4.47. The molecule has 2 aromatic rings. The predicted octanol–water partition coefficient (Wildman–Crippen LogP) is 3.69. The van der Waals surface area contributed by atoms with Gasteiger partial charge in [0.1, 0.15) is 11.5 Å². The lowest BCUT2D eigenvalue weighted by atomic mass is 10.0. The number of ether oxygens (including phenoxy) is 1. The number of methoxy groups -OCH3 is 1. The maximum Gasteiger partial charge on any atom is 0.186 e. The zero-order chi connectivity index (χ0) is 14.5. The number of allylic oxidation sites excluding steroid dienone is 2. The van der Waals surface area contributed by atoms with Gasteiger partial charge in [-0.25, -0.2) is 0 Å². The molecule has 102 valence electrons. The maximum atomic E-state index is 12.1. The number of phenolic OH excluding ortho intramolecular Hbond substituents is 1. The Morgan fingerprint density at radius 2 is 1.55 bits per heavy atom. The minimum absolute atomic E-state index is 0.0849. The van der Waals surface area contributed by atoms with Gasteiger partial charge in [-0.15, -0.1) is 0 Å². The summed E-state index contributed by atoms with van der Waals surface area (Å²) in [6, 6.07) is 13.8. The van der Waals surface area contributed by atoms with Crippen LogP contribution in [-0.2, 0) is 0 Å². The molecular formula is C17H16O3. The van der Waals surface area contributed by atoms with E-state index in [2.05, 4.69) is 0 Å². The van der Waals surface area contributed by atoms with E-state index in [4.69, 9.17) is 4.74 Å². The lowest BCUT2D eigenvalue weighted by Crippen LogP contribution is -1.95. The molecule has 0 spiro atoms. The van der Waals surface area contributed by atoms with Crippen molar-refractivity contribution in [2.45, 2.75) is 6.92 Å². The highest BCUT2D eigenvalue weighted by atomic mass is 16.5. The van der Waals surface area contributed by atoms with Crippen LogP contribution in [0.1, 0.15) is 22.8 Å². The summed E-state index contributed by atoms with van der Waals surface area (Å²) in [5.74, 6) is 0.849. The third-order valence-electron chi connectivity index (χ3n) is 3.04. The second-order valence-corrected chi connectivity index (χ2v) is 4.47. The molecule has 0 aliphatic rings. The van der Waals surface area contributed by atoms with Crippen LogP contribution in [0.4, 0.5) is 0 Å². The molecule has 0 aliphatic heterocycles. The monoisotopic (exact) mass is 268 g/mol. The number of ketones is 1. The summed E-state index contributed by atoms with van der Waals surface area (Å²) in [5.41, 5.74) is 2.40. The average molecular weight is 268 g/mol. The first-order chi connectivity index (χ1) is 9.60. The Labute approximate surface area is 118 Å². The highest BCUT2D eigenvalue weighted by molar-refractivity contribution is 6.08. The molecule has 0 aromatic heterocycles. The lowest BCUT2D eigenvalue weighted by molar-refractivity contribution is 0.104. The minimum Gasteiger partial charge on any atom is -0.508 e. The van der Waals surface area contributed by atoms with Crippen LogP contribution >= 0.6 is 0 Å². The normalized spacial score (nSPS) is 11.2. The molecule has 0 radical (unpaired) electrons. The number of aromatic hydroxyl groups is 1. The van der Waals surface area contributed by atoms with Crippen LogP contribution in [-0.4, -0.2) is 18.0 Å². The van der Waals surface area contributed by atoms with E-state index in [1.807, 2.05) is 31.2 Å². The molecule has 1 N–H and O–H groups in total. The SMILES string of the molecule is COc1ccc(/C(C)=C\C(=O)c2ccc(O)cc2)cc1. The van der Waals surface area contributed by atoms with Crippen LogP contribution < -0.4 is 4.74 Å². The van der Waals surface area contributed by atoms with Crippen molar-refractivity contribution in [1.82, 2.24) is 0 Å². The summed E-state index contributed by atoms with van der Waals surface area (Å²) in [7, 11) is 1.62. The van der Waals surface area contributed by atoms with Crippen molar-refractivity contribution >= 4 is 11.4 Å². The molecule has 0 fully saturated rings. The average Bonchev–Trinajstić information content (AvgIpc) is 2.48. The molecule has 2 aromatic carbocycles. The fraction of sp³-hybridized carbons (Fsp3) is 0.118. The number of carbonyl (C=O) groups excluding carboxylic acids is 1. The van der Waals surface area contributed by atoms with Gasteiger partial charge in [0.25, 0.3) is 0 Å². The van der Waals surface area contributed by atoms with Crippen molar-refractivity contribution in [2.24, 2.45) is 0 Å². The van der Waals surface area contributed by atoms with E-state index in [9.17, 15) is 9.90 Å². The Kier molecular flexibility index (Phi) is 4.20. The highest BCUT2D eigenvalue weighted by Crippen LogP contribution is 2.19. The number of carbonyl (C=O) groups is 1. The topological polar surface area (TPSA) is 46.5 Å². The number of hydrogen-bond acceptors (Lipinski definition) is 3. The van der Waals surface area contributed by atoms with Gasteiger partial charge >= 0.3 is 0 Å². The Balaban J connectivity index is 2.20. The van der Waals surface area contributed by atoms with Crippen LogP contribution in [0.5, 0.6) is 11.5 Å². The molecule has 3 nitrogen and oxygen atoms in total. The summed E-state index contributed by atoms with van der Waals surface area (Å²) in [6.07, 6.45) is 1.59. The molecule has 0 bridgehead atoms. The second kappa shape index (κ2) is 6.06. The highest BCUT2D eigenvalue weighted by Gasteiger charge is 2.04. The van der Waals surface area contributed by atoms with Gasteiger partial charge in [-0.3, -0.25) is 4.79 Å². The zero-order valence-corrected chi connectivity index (χ0v) is 11.5. The van der Waals surface area contributed by atoms with Gasteiger partial charge in [-0.2, -0.15) is 0 Å². The Morgan fingerprint density at radius 1 is 1.00 bits per heavy atom. The van der Waals surface area contributed by atoms with E-state index >= 15 is 0 Å². The maximum absolute atomic E-state index is 12.1. The van der Waals surface area contributed by atoms with Crippen molar-refractivity contribution in [3.05, 3.63) is 65.7 Å². The van der Waals surface area contributed by atoms with Gasteiger partial charge in [0.15, 0.2) is 5.78 Å². The number of phenols is 1. The minimum atomic E-state index is -0.0849. The first-order valence-electron chi connectivity index (χ1n) is 6.26. The van der Waals surface area contributed by atoms with Gasteiger partial charge in [0, 0.05) is 5.56 Å². The largest absolute Gasteiger partial charge is 0.508 e. The van der Waals surface area contributed by atoms with Crippen molar-refractivity contribution in [3.8, 4) is 11.5 Å². The summed E-state index contributed by atoms with van der Waals surface area (Å²) in [5, 5.41) is 9.21. The molecule has 0 unspecified atom stereocenters. The molecule has 3 heteroatoms. The fourth-order valence-corrected chi connectivity index (χ4v) is 1.84. The third kappa shape index (κ3) is 3.26. The zero-order valence-electron chi connectivity index (χ0n) is 11.5.